The van der Waals surface area contributed by atoms with Crippen molar-refractivity contribution in [1.82, 2.24) is 20.0 Å². The van der Waals surface area contributed by atoms with Crippen LogP contribution < -0.4 is 10.1 Å². The van der Waals surface area contributed by atoms with E-state index in [1.807, 2.05) is 40.0 Å². The van der Waals surface area contributed by atoms with Crippen LogP contribution in [0, 0.1) is 5.41 Å². The SMILES string of the molecule is O=C(CCCn1cccn1)N1CCCC2(CCCCc3ccccc3OCCNC2=O)C1. The molecule has 7 nitrogen and oxygen atoms in total. The van der Waals surface area contributed by atoms with E-state index in [0.717, 1.165) is 63.8 Å². The van der Waals surface area contributed by atoms with Gasteiger partial charge in [-0.25, -0.2) is 0 Å². The molecule has 1 atom stereocenters. The molecule has 0 saturated carbocycles. The second-order valence-electron chi connectivity index (χ2n) is 8.99. The third-order valence-corrected chi connectivity index (χ3v) is 6.72. The largest absolute Gasteiger partial charge is 0.491 e. The van der Waals surface area contributed by atoms with Crippen LogP contribution in [0.2, 0.25) is 0 Å². The summed E-state index contributed by atoms with van der Waals surface area (Å²) in [4.78, 5) is 28.1. The first kappa shape index (κ1) is 22.4. The molecule has 1 aromatic heterocycles. The highest BCUT2D eigenvalue weighted by Crippen LogP contribution is 2.36. The van der Waals surface area contributed by atoms with Crippen LogP contribution in [0.25, 0.3) is 0 Å². The van der Waals surface area contributed by atoms with Crippen molar-refractivity contribution in [3.05, 3.63) is 48.3 Å². The molecule has 172 valence electrons. The summed E-state index contributed by atoms with van der Waals surface area (Å²) in [5.74, 6) is 1.14. The molecule has 2 amide bonds. The molecule has 2 aromatic rings. The lowest BCUT2D eigenvalue weighted by molar-refractivity contribution is -0.142. The summed E-state index contributed by atoms with van der Waals surface area (Å²) < 4.78 is 7.79. The minimum atomic E-state index is -0.491. The van der Waals surface area contributed by atoms with Gasteiger partial charge in [-0.2, -0.15) is 5.10 Å². The molecule has 4 rings (SSSR count). The Balaban J connectivity index is 1.37. The van der Waals surface area contributed by atoms with Crippen LogP contribution in [0.4, 0.5) is 0 Å². The molecular weight excluding hydrogens is 404 g/mol. The number of nitrogens with one attached hydrogen (secondary N) is 1. The minimum Gasteiger partial charge on any atom is -0.491 e. The summed E-state index contributed by atoms with van der Waals surface area (Å²) in [5.41, 5.74) is 0.736. The minimum absolute atomic E-state index is 0.0731. The highest BCUT2D eigenvalue weighted by atomic mass is 16.5. The van der Waals surface area contributed by atoms with Gasteiger partial charge in [-0.05, 0) is 56.2 Å². The zero-order valence-electron chi connectivity index (χ0n) is 18.8. The average Bonchev–Trinajstić information content (AvgIpc) is 3.33. The van der Waals surface area contributed by atoms with Gasteiger partial charge in [0, 0.05) is 38.4 Å². The molecule has 7 heteroatoms. The maximum absolute atomic E-state index is 13.3. The third-order valence-electron chi connectivity index (χ3n) is 6.72. The van der Waals surface area contributed by atoms with E-state index < -0.39 is 5.41 Å². The van der Waals surface area contributed by atoms with Crippen LogP contribution in [0.15, 0.2) is 42.7 Å². The Hall–Kier alpha value is -2.83. The number of para-hydroxylation sites is 1. The number of aryl methyl sites for hydroxylation is 2. The Morgan fingerprint density at radius 3 is 2.91 bits per heavy atom. The molecule has 1 aromatic carbocycles. The molecule has 2 aliphatic rings. The van der Waals surface area contributed by atoms with Crippen molar-refractivity contribution in [2.75, 3.05) is 26.2 Å². The van der Waals surface area contributed by atoms with Gasteiger partial charge in [-0.15, -0.1) is 0 Å². The number of fused-ring (bicyclic) bond motifs is 1. The second kappa shape index (κ2) is 10.7. The van der Waals surface area contributed by atoms with Gasteiger partial charge in [0.15, 0.2) is 0 Å². The van der Waals surface area contributed by atoms with Crippen molar-refractivity contribution >= 4 is 11.8 Å². The van der Waals surface area contributed by atoms with Crippen LogP contribution in [0.3, 0.4) is 0 Å². The van der Waals surface area contributed by atoms with Crippen LogP contribution in [-0.4, -0.2) is 52.7 Å². The molecule has 0 bridgehead atoms. The molecule has 0 radical (unpaired) electrons. The topological polar surface area (TPSA) is 76.5 Å². The fraction of sp³-hybridized carbons (Fsp3) is 0.560. The molecule has 1 spiro atoms. The van der Waals surface area contributed by atoms with E-state index in [1.165, 1.54) is 5.56 Å². The van der Waals surface area contributed by atoms with E-state index in [9.17, 15) is 9.59 Å². The van der Waals surface area contributed by atoms with Gasteiger partial charge >= 0.3 is 0 Å². The number of benzene rings is 1. The van der Waals surface area contributed by atoms with Gasteiger partial charge in [0.1, 0.15) is 12.4 Å². The fourth-order valence-electron chi connectivity index (χ4n) is 4.97. The number of carbonyl (C=O) groups is 2. The highest BCUT2D eigenvalue weighted by molar-refractivity contribution is 5.84. The van der Waals surface area contributed by atoms with E-state index >= 15 is 0 Å². The summed E-state index contributed by atoms with van der Waals surface area (Å²) in [6.07, 6.45) is 10.4. The summed E-state index contributed by atoms with van der Waals surface area (Å²) in [5, 5.41) is 7.30. The predicted octanol–water partition coefficient (Wildman–Crippen LogP) is 3.19. The Labute approximate surface area is 190 Å². The van der Waals surface area contributed by atoms with E-state index in [2.05, 4.69) is 16.5 Å². The van der Waals surface area contributed by atoms with E-state index in [-0.39, 0.29) is 11.8 Å². The highest BCUT2D eigenvalue weighted by Gasteiger charge is 2.42. The van der Waals surface area contributed by atoms with Crippen LogP contribution >= 0.6 is 0 Å². The van der Waals surface area contributed by atoms with Crippen molar-refractivity contribution < 1.29 is 14.3 Å². The monoisotopic (exact) mass is 438 g/mol. The standard InChI is InChI=1S/C25H34N4O3/c30-23(11-5-17-29-18-7-14-27-29)28-16-6-13-25(20-28)12-4-3-9-21-8-1-2-10-22(21)32-19-15-26-24(25)31/h1-2,7-8,10,14,18H,3-6,9,11-13,15-17,19-20H2,(H,26,31). The van der Waals surface area contributed by atoms with Gasteiger partial charge < -0.3 is 15.0 Å². The Morgan fingerprint density at radius 2 is 2.03 bits per heavy atom. The number of piperidine rings is 1. The number of hydrogen-bond acceptors (Lipinski definition) is 4. The third kappa shape index (κ3) is 5.50. The second-order valence-corrected chi connectivity index (χ2v) is 8.99. The Kier molecular flexibility index (Phi) is 7.45. The van der Waals surface area contributed by atoms with Crippen molar-refractivity contribution in [1.29, 1.82) is 0 Å². The van der Waals surface area contributed by atoms with Gasteiger partial charge in [0.25, 0.3) is 0 Å². The molecular formula is C25H34N4O3. The number of likely N-dealkylation sites (tertiary alicyclic amines) is 1. The van der Waals surface area contributed by atoms with Gasteiger partial charge in [0.05, 0.1) is 12.0 Å². The number of hydrogen-bond donors (Lipinski definition) is 1. The Bertz CT molecular complexity index is 898. The number of ether oxygens (including phenoxy) is 1. The zero-order chi connectivity index (χ0) is 22.2. The normalized spacial score (nSPS) is 22.2. The first-order valence-corrected chi connectivity index (χ1v) is 11.9. The molecule has 2 aliphatic heterocycles. The molecule has 1 N–H and O–H groups in total. The number of nitrogens with zero attached hydrogens (tertiary/aromatic N) is 3. The van der Waals surface area contributed by atoms with Crippen LogP contribution in [0.5, 0.6) is 5.75 Å². The van der Waals surface area contributed by atoms with Crippen molar-refractivity contribution in [3.63, 3.8) is 0 Å². The molecule has 1 fully saturated rings. The van der Waals surface area contributed by atoms with Crippen molar-refractivity contribution in [3.8, 4) is 5.75 Å². The van der Waals surface area contributed by atoms with Crippen molar-refractivity contribution in [2.24, 2.45) is 5.41 Å². The summed E-state index contributed by atoms with van der Waals surface area (Å²) in [6, 6.07) is 10.1. The summed E-state index contributed by atoms with van der Waals surface area (Å²) in [7, 11) is 0. The Morgan fingerprint density at radius 1 is 1.16 bits per heavy atom. The van der Waals surface area contributed by atoms with E-state index in [4.69, 9.17) is 4.74 Å². The number of rotatable bonds is 4. The lowest BCUT2D eigenvalue weighted by Crippen LogP contribution is -2.54. The van der Waals surface area contributed by atoms with Gasteiger partial charge in [-0.3, -0.25) is 14.3 Å². The number of aromatic nitrogens is 2. The predicted molar refractivity (Wildman–Crippen MR) is 122 cm³/mol. The number of amides is 2. The maximum Gasteiger partial charge on any atom is 0.228 e. The van der Waals surface area contributed by atoms with Crippen LogP contribution in [-0.2, 0) is 22.6 Å². The molecule has 0 aliphatic carbocycles. The maximum atomic E-state index is 13.3. The lowest BCUT2D eigenvalue weighted by atomic mass is 9.74. The smallest absolute Gasteiger partial charge is 0.228 e. The van der Waals surface area contributed by atoms with Gasteiger partial charge in [0.2, 0.25) is 11.8 Å². The van der Waals surface area contributed by atoms with E-state index in [0.29, 0.717) is 26.1 Å². The summed E-state index contributed by atoms with van der Waals surface area (Å²) in [6.45, 7) is 2.93. The quantitative estimate of drug-likeness (QED) is 0.795. The molecule has 32 heavy (non-hydrogen) atoms. The average molecular weight is 439 g/mol. The molecule has 3 heterocycles. The molecule has 1 unspecified atom stereocenters. The zero-order valence-corrected chi connectivity index (χ0v) is 18.8. The fourth-order valence-corrected chi connectivity index (χ4v) is 4.97. The summed E-state index contributed by atoms with van der Waals surface area (Å²) >= 11 is 0. The van der Waals surface area contributed by atoms with Crippen LogP contribution in [0.1, 0.15) is 50.5 Å². The van der Waals surface area contributed by atoms with Gasteiger partial charge in [-0.1, -0.05) is 24.6 Å². The number of carbonyl (C=O) groups excluding carboxylic acids is 2. The first-order valence-electron chi connectivity index (χ1n) is 11.9. The first-order chi connectivity index (χ1) is 15.7. The molecule has 1 saturated heterocycles. The van der Waals surface area contributed by atoms with E-state index in [1.54, 1.807) is 6.20 Å². The lowest BCUT2D eigenvalue weighted by Gasteiger charge is -2.42. The van der Waals surface area contributed by atoms with Crippen molar-refractivity contribution in [2.45, 2.75) is 57.9 Å².